The van der Waals surface area contributed by atoms with Crippen molar-refractivity contribution in [2.24, 2.45) is 0 Å². The molecule has 0 aliphatic heterocycles. The van der Waals surface area contributed by atoms with Crippen LogP contribution in [-0.4, -0.2) is 19.2 Å². The van der Waals surface area contributed by atoms with Gasteiger partial charge in [0.15, 0.2) is 0 Å². The number of carbonyl (C=O) groups is 1. The monoisotopic (exact) mass is 364 g/mol. The summed E-state index contributed by atoms with van der Waals surface area (Å²) in [4.78, 5) is 11.8. The molecule has 0 fully saturated rings. The van der Waals surface area contributed by atoms with E-state index in [1.165, 1.54) is 0 Å². The van der Waals surface area contributed by atoms with Gasteiger partial charge >= 0.3 is 5.97 Å². The number of halogens is 2. The maximum atomic E-state index is 11.8. The highest BCUT2D eigenvalue weighted by Gasteiger charge is 2.16. The molecule has 0 spiro atoms. The van der Waals surface area contributed by atoms with Crippen LogP contribution in [0.25, 0.3) is 0 Å². The smallest absolute Gasteiger partial charge is 0.341 e. The molecule has 0 N–H and O–H groups in total. The van der Waals surface area contributed by atoms with Crippen molar-refractivity contribution >= 4 is 37.8 Å². The van der Waals surface area contributed by atoms with E-state index in [2.05, 4.69) is 31.9 Å². The zero-order valence-electron chi connectivity index (χ0n) is 9.76. The molecule has 1 aromatic rings. The van der Waals surface area contributed by atoms with Gasteiger partial charge in [0.2, 0.25) is 0 Å². The molecule has 94 valence electrons. The first-order valence-electron chi connectivity index (χ1n) is 5.32. The Bertz CT molecular complexity index is 405. The van der Waals surface area contributed by atoms with E-state index < -0.39 is 0 Å². The molecule has 5 heteroatoms. The molecule has 3 nitrogen and oxygen atoms in total. The van der Waals surface area contributed by atoms with Crippen molar-refractivity contribution < 1.29 is 14.3 Å². The lowest BCUT2D eigenvalue weighted by Gasteiger charge is -2.12. The molecular formula is C12H14Br2O3. The van der Waals surface area contributed by atoms with Crippen molar-refractivity contribution in [1.29, 1.82) is 0 Å². The summed E-state index contributed by atoms with van der Waals surface area (Å²) in [7, 11) is 0. The molecule has 0 aliphatic carbocycles. The van der Waals surface area contributed by atoms with Crippen molar-refractivity contribution in [3.05, 3.63) is 27.7 Å². The number of benzene rings is 1. The minimum Gasteiger partial charge on any atom is -0.493 e. The topological polar surface area (TPSA) is 35.5 Å². The minimum absolute atomic E-state index is 0.349. The Morgan fingerprint density at radius 2 is 2.00 bits per heavy atom. The number of esters is 1. The third-order valence-electron chi connectivity index (χ3n) is 2.09. The molecule has 0 aliphatic rings. The highest BCUT2D eigenvalue weighted by molar-refractivity contribution is 9.10. The van der Waals surface area contributed by atoms with Gasteiger partial charge in [-0.25, -0.2) is 4.79 Å². The molecule has 0 bridgehead atoms. The SMILES string of the molecule is CCOC(=O)c1cc(Br)c(CBr)cc1OCC. The predicted molar refractivity (Wildman–Crippen MR) is 73.9 cm³/mol. The molecule has 0 saturated carbocycles. The fourth-order valence-electron chi connectivity index (χ4n) is 1.34. The van der Waals surface area contributed by atoms with Crippen molar-refractivity contribution in [2.75, 3.05) is 13.2 Å². The van der Waals surface area contributed by atoms with Gasteiger partial charge in [0, 0.05) is 9.80 Å². The fourth-order valence-corrected chi connectivity index (χ4v) is 2.66. The molecule has 0 radical (unpaired) electrons. The van der Waals surface area contributed by atoms with Crippen molar-refractivity contribution in [3.63, 3.8) is 0 Å². The average Bonchev–Trinajstić information content (AvgIpc) is 2.31. The molecule has 17 heavy (non-hydrogen) atoms. The lowest BCUT2D eigenvalue weighted by molar-refractivity contribution is 0.0522. The fraction of sp³-hybridized carbons (Fsp3) is 0.417. The predicted octanol–water partition coefficient (Wildman–Crippen LogP) is 3.92. The lowest BCUT2D eigenvalue weighted by atomic mass is 10.1. The van der Waals surface area contributed by atoms with Crippen LogP contribution in [0.2, 0.25) is 0 Å². The first kappa shape index (κ1) is 14.5. The largest absolute Gasteiger partial charge is 0.493 e. The molecule has 0 saturated heterocycles. The molecule has 0 atom stereocenters. The number of hydrogen-bond acceptors (Lipinski definition) is 3. The minimum atomic E-state index is -0.363. The van der Waals surface area contributed by atoms with Gasteiger partial charge < -0.3 is 9.47 Å². The summed E-state index contributed by atoms with van der Waals surface area (Å²) in [5.41, 5.74) is 1.48. The Kier molecular flexibility index (Phi) is 5.98. The van der Waals surface area contributed by atoms with Crippen LogP contribution in [-0.2, 0) is 10.1 Å². The van der Waals surface area contributed by atoms with E-state index in [-0.39, 0.29) is 5.97 Å². The zero-order chi connectivity index (χ0) is 12.8. The normalized spacial score (nSPS) is 10.1. The number of carbonyl (C=O) groups excluding carboxylic acids is 1. The van der Waals surface area contributed by atoms with Gasteiger partial charge in [0.1, 0.15) is 11.3 Å². The highest BCUT2D eigenvalue weighted by atomic mass is 79.9. The van der Waals surface area contributed by atoms with E-state index in [0.29, 0.717) is 29.9 Å². The summed E-state index contributed by atoms with van der Waals surface area (Å²) in [6.07, 6.45) is 0. The Labute approximate surface area is 118 Å². The maximum absolute atomic E-state index is 11.8. The number of alkyl halides is 1. The van der Waals surface area contributed by atoms with Crippen LogP contribution in [0, 0.1) is 0 Å². The van der Waals surface area contributed by atoms with Crippen LogP contribution in [0.3, 0.4) is 0 Å². The third-order valence-corrected chi connectivity index (χ3v) is 3.43. The quantitative estimate of drug-likeness (QED) is 0.586. The summed E-state index contributed by atoms with van der Waals surface area (Å²) >= 11 is 6.80. The van der Waals surface area contributed by atoms with Crippen LogP contribution in [0.5, 0.6) is 5.75 Å². The van der Waals surface area contributed by atoms with Crippen LogP contribution < -0.4 is 4.74 Å². The molecule has 0 unspecified atom stereocenters. The summed E-state index contributed by atoms with van der Waals surface area (Å²) in [6.45, 7) is 4.52. The van der Waals surface area contributed by atoms with E-state index >= 15 is 0 Å². The van der Waals surface area contributed by atoms with Crippen molar-refractivity contribution in [3.8, 4) is 5.75 Å². The Balaban J connectivity index is 3.17. The number of ether oxygens (including phenoxy) is 2. The summed E-state index contributed by atoms with van der Waals surface area (Å²) in [5, 5.41) is 0.691. The maximum Gasteiger partial charge on any atom is 0.341 e. The number of hydrogen-bond donors (Lipinski definition) is 0. The molecule has 0 heterocycles. The van der Waals surface area contributed by atoms with Gasteiger partial charge in [0.05, 0.1) is 13.2 Å². The van der Waals surface area contributed by atoms with Crippen LogP contribution in [0.4, 0.5) is 0 Å². The van der Waals surface area contributed by atoms with Crippen LogP contribution in [0.1, 0.15) is 29.8 Å². The zero-order valence-corrected chi connectivity index (χ0v) is 12.9. The second-order valence-corrected chi connectivity index (χ2v) is 4.64. The van der Waals surface area contributed by atoms with E-state index in [0.717, 1.165) is 10.0 Å². The first-order valence-corrected chi connectivity index (χ1v) is 7.23. The molecule has 0 amide bonds. The standard InChI is InChI=1S/C12H14Br2O3/c1-3-16-11-5-8(7-13)10(14)6-9(11)12(15)17-4-2/h5-6H,3-4,7H2,1-2H3. The van der Waals surface area contributed by atoms with E-state index in [1.54, 1.807) is 13.0 Å². The summed E-state index contributed by atoms with van der Waals surface area (Å²) < 4.78 is 11.3. The van der Waals surface area contributed by atoms with Gasteiger partial charge in [-0.2, -0.15) is 0 Å². The molecule has 0 aromatic heterocycles. The third kappa shape index (κ3) is 3.71. The van der Waals surface area contributed by atoms with E-state index in [1.807, 2.05) is 13.0 Å². The Morgan fingerprint density at radius 1 is 1.29 bits per heavy atom. The second-order valence-electron chi connectivity index (χ2n) is 3.23. The first-order chi connectivity index (χ1) is 8.13. The van der Waals surface area contributed by atoms with Gasteiger partial charge in [0.25, 0.3) is 0 Å². The Morgan fingerprint density at radius 3 is 2.53 bits per heavy atom. The van der Waals surface area contributed by atoms with Gasteiger partial charge in [-0.15, -0.1) is 0 Å². The van der Waals surface area contributed by atoms with Gasteiger partial charge in [-0.1, -0.05) is 31.9 Å². The van der Waals surface area contributed by atoms with E-state index in [9.17, 15) is 4.79 Å². The second kappa shape index (κ2) is 7.01. The average molecular weight is 366 g/mol. The molecule has 1 rings (SSSR count). The van der Waals surface area contributed by atoms with Crippen molar-refractivity contribution in [1.82, 2.24) is 0 Å². The van der Waals surface area contributed by atoms with Crippen LogP contribution in [0.15, 0.2) is 16.6 Å². The summed E-state index contributed by atoms with van der Waals surface area (Å²) in [5.74, 6) is 0.196. The van der Waals surface area contributed by atoms with Crippen molar-refractivity contribution in [2.45, 2.75) is 19.2 Å². The van der Waals surface area contributed by atoms with Crippen LogP contribution >= 0.6 is 31.9 Å². The van der Waals surface area contributed by atoms with E-state index in [4.69, 9.17) is 9.47 Å². The van der Waals surface area contributed by atoms with Gasteiger partial charge in [-0.3, -0.25) is 0 Å². The highest BCUT2D eigenvalue weighted by Crippen LogP contribution is 2.29. The molecular weight excluding hydrogens is 352 g/mol. The summed E-state index contributed by atoms with van der Waals surface area (Å²) in [6, 6.07) is 3.58. The molecule has 1 aromatic carbocycles. The Hall–Kier alpha value is -0.550. The van der Waals surface area contributed by atoms with Gasteiger partial charge in [-0.05, 0) is 31.5 Å². The lowest BCUT2D eigenvalue weighted by Crippen LogP contribution is -2.08. The number of rotatable bonds is 5.